The lowest BCUT2D eigenvalue weighted by molar-refractivity contribution is -0.346. The van der Waals surface area contributed by atoms with Gasteiger partial charge in [-0.05, 0) is 19.3 Å². The van der Waals surface area contributed by atoms with Gasteiger partial charge in [0.05, 0.1) is 6.61 Å². The van der Waals surface area contributed by atoms with E-state index in [1.165, 1.54) is 6.92 Å². The van der Waals surface area contributed by atoms with Crippen LogP contribution in [0.5, 0.6) is 0 Å². The van der Waals surface area contributed by atoms with Gasteiger partial charge in [0.2, 0.25) is 0 Å². The second-order valence-corrected chi connectivity index (χ2v) is 7.40. The zero-order valence-corrected chi connectivity index (χ0v) is 16.8. The normalized spacial score (nSPS) is 15.1. The second-order valence-electron chi connectivity index (χ2n) is 5.98. The van der Waals surface area contributed by atoms with E-state index >= 15 is 0 Å². The number of carbonyl (C=O) groups is 2. The maximum absolute atomic E-state index is 13.5. The van der Waals surface area contributed by atoms with E-state index in [0.29, 0.717) is 6.08 Å². The van der Waals surface area contributed by atoms with Gasteiger partial charge >= 0.3 is 35.0 Å². The monoisotopic (exact) mass is 490 g/mol. The Kier molecular flexibility index (Phi) is 9.92. The van der Waals surface area contributed by atoms with E-state index in [2.05, 4.69) is 16.1 Å². The standard InChI is InChI=1S/C15H20F7NO7S/c1-3-8-23-11(25)13(14(18,19)20,30-10(24)4-2)29-9-6-5-7-12(16,17)15(21,22)31(26,27)28/h4H,2-3,5-9H2,1H3,(H,23,25)(H,26,27,28)/p-1. The van der Waals surface area contributed by atoms with Gasteiger partial charge in [0.1, 0.15) is 0 Å². The summed E-state index contributed by atoms with van der Waals surface area (Å²) in [5.74, 6) is -13.2. The first-order valence-corrected chi connectivity index (χ1v) is 9.86. The lowest BCUT2D eigenvalue weighted by Gasteiger charge is -2.33. The third-order valence-corrected chi connectivity index (χ3v) is 4.48. The molecule has 0 heterocycles. The summed E-state index contributed by atoms with van der Waals surface area (Å²) in [7, 11) is -6.72. The summed E-state index contributed by atoms with van der Waals surface area (Å²) < 4.78 is 133. The zero-order valence-electron chi connectivity index (χ0n) is 15.9. The van der Waals surface area contributed by atoms with Crippen molar-refractivity contribution in [3.05, 3.63) is 12.7 Å². The number of amides is 1. The third kappa shape index (κ3) is 7.03. The van der Waals surface area contributed by atoms with E-state index in [-0.39, 0.29) is 13.0 Å². The Morgan fingerprint density at radius 2 is 1.65 bits per heavy atom. The number of nitrogens with one attached hydrogen (secondary N) is 1. The number of alkyl halides is 7. The average molecular weight is 490 g/mol. The minimum atomic E-state index is -6.72. The van der Waals surface area contributed by atoms with Crippen molar-refractivity contribution in [3.8, 4) is 0 Å². The highest BCUT2D eigenvalue weighted by Gasteiger charge is 2.66. The van der Waals surface area contributed by atoms with E-state index in [4.69, 9.17) is 0 Å². The molecule has 1 amide bonds. The largest absolute Gasteiger partial charge is 0.743 e. The van der Waals surface area contributed by atoms with E-state index in [1.807, 2.05) is 0 Å². The van der Waals surface area contributed by atoms with Crippen molar-refractivity contribution >= 4 is 22.0 Å². The summed E-state index contributed by atoms with van der Waals surface area (Å²) in [5, 5.41) is -4.15. The molecule has 8 nitrogen and oxygen atoms in total. The first-order valence-electron chi connectivity index (χ1n) is 8.45. The van der Waals surface area contributed by atoms with Gasteiger partial charge in [-0.2, -0.15) is 30.7 Å². The van der Waals surface area contributed by atoms with Crippen molar-refractivity contribution in [2.45, 2.75) is 55.7 Å². The highest BCUT2D eigenvalue weighted by Crippen LogP contribution is 2.42. The molecular weight excluding hydrogens is 471 g/mol. The first-order chi connectivity index (χ1) is 13.9. The molecule has 0 spiro atoms. The summed E-state index contributed by atoms with van der Waals surface area (Å²) in [6.07, 6.45) is -8.95. The molecule has 0 fully saturated rings. The van der Waals surface area contributed by atoms with Gasteiger partial charge in [0.15, 0.2) is 10.1 Å². The van der Waals surface area contributed by atoms with Crippen LogP contribution in [-0.2, 0) is 29.2 Å². The molecule has 0 saturated carbocycles. The lowest BCUT2D eigenvalue weighted by Crippen LogP contribution is -2.61. The SMILES string of the molecule is C=CC(=O)OC(OCCCCC(F)(F)C(F)(F)S(=O)(=O)[O-])(C(=O)NCCC)C(F)(F)F. The molecule has 0 aromatic carbocycles. The van der Waals surface area contributed by atoms with Crippen LogP contribution in [0.25, 0.3) is 0 Å². The molecule has 16 heteroatoms. The Labute approximate surface area is 172 Å². The second kappa shape index (κ2) is 10.6. The van der Waals surface area contributed by atoms with Gasteiger partial charge in [0, 0.05) is 19.0 Å². The van der Waals surface area contributed by atoms with Crippen molar-refractivity contribution in [3.63, 3.8) is 0 Å². The summed E-state index contributed by atoms with van der Waals surface area (Å²) in [6.45, 7) is 2.88. The number of ether oxygens (including phenoxy) is 2. The Morgan fingerprint density at radius 3 is 2.06 bits per heavy atom. The Balaban J connectivity index is 5.39. The molecule has 31 heavy (non-hydrogen) atoms. The molecule has 0 aromatic heterocycles. The van der Waals surface area contributed by atoms with Crippen molar-refractivity contribution in [2.75, 3.05) is 13.2 Å². The van der Waals surface area contributed by atoms with Crippen LogP contribution in [0.3, 0.4) is 0 Å². The molecule has 0 aromatic rings. The maximum atomic E-state index is 13.5. The van der Waals surface area contributed by atoms with Gasteiger partial charge in [-0.1, -0.05) is 13.5 Å². The minimum Gasteiger partial charge on any atom is -0.743 e. The lowest BCUT2D eigenvalue weighted by atomic mass is 10.1. The molecule has 1 atom stereocenters. The number of unbranched alkanes of at least 4 members (excludes halogenated alkanes) is 1. The van der Waals surface area contributed by atoms with Crippen LogP contribution in [0.15, 0.2) is 12.7 Å². The predicted octanol–water partition coefficient (Wildman–Crippen LogP) is 2.46. The number of hydrogen-bond acceptors (Lipinski definition) is 7. The highest BCUT2D eigenvalue weighted by molar-refractivity contribution is 7.86. The highest BCUT2D eigenvalue weighted by atomic mass is 32.2. The summed E-state index contributed by atoms with van der Waals surface area (Å²) in [4.78, 5) is 23.3. The van der Waals surface area contributed by atoms with Crippen LogP contribution in [0.4, 0.5) is 30.7 Å². The van der Waals surface area contributed by atoms with Crippen molar-refractivity contribution in [2.24, 2.45) is 0 Å². The Bertz CT molecular complexity index is 755. The molecule has 0 aliphatic carbocycles. The summed E-state index contributed by atoms with van der Waals surface area (Å²) in [5.41, 5.74) is 0. The predicted molar refractivity (Wildman–Crippen MR) is 87.8 cm³/mol. The maximum Gasteiger partial charge on any atom is 0.466 e. The van der Waals surface area contributed by atoms with Crippen molar-refractivity contribution in [1.82, 2.24) is 5.32 Å². The fourth-order valence-corrected chi connectivity index (χ4v) is 2.41. The van der Waals surface area contributed by atoms with Crippen LogP contribution < -0.4 is 5.32 Å². The number of rotatable bonds is 13. The molecule has 0 bridgehead atoms. The number of hydrogen-bond donors (Lipinski definition) is 1. The fraction of sp³-hybridized carbons (Fsp3) is 0.733. The van der Waals surface area contributed by atoms with Crippen molar-refractivity contribution < 1.29 is 62.8 Å². The van der Waals surface area contributed by atoms with Crippen LogP contribution >= 0.6 is 0 Å². The molecule has 182 valence electrons. The molecule has 0 radical (unpaired) electrons. The quantitative estimate of drug-likeness (QED) is 0.105. The van der Waals surface area contributed by atoms with Gasteiger partial charge in [0.25, 0.3) is 0 Å². The average Bonchev–Trinajstić information content (AvgIpc) is 2.62. The van der Waals surface area contributed by atoms with E-state index in [1.54, 1.807) is 5.32 Å². The van der Waals surface area contributed by atoms with Crippen LogP contribution in [0.1, 0.15) is 32.6 Å². The minimum absolute atomic E-state index is 0.182. The number of carbonyl (C=O) groups excluding carboxylic acids is 2. The van der Waals surface area contributed by atoms with Gasteiger partial charge < -0.3 is 19.3 Å². The molecule has 0 aliphatic rings. The number of esters is 1. The zero-order chi connectivity index (χ0) is 24.7. The summed E-state index contributed by atoms with van der Waals surface area (Å²) in [6, 6.07) is 0. The molecule has 1 unspecified atom stereocenters. The van der Waals surface area contributed by atoms with E-state index in [0.717, 1.165) is 0 Å². The van der Waals surface area contributed by atoms with Crippen LogP contribution in [0, 0.1) is 0 Å². The van der Waals surface area contributed by atoms with E-state index < -0.39 is 71.0 Å². The smallest absolute Gasteiger partial charge is 0.466 e. The molecule has 1 N–H and O–H groups in total. The first kappa shape index (κ1) is 29.1. The van der Waals surface area contributed by atoms with Crippen LogP contribution in [-0.4, -0.2) is 61.1 Å². The van der Waals surface area contributed by atoms with Crippen molar-refractivity contribution in [1.29, 1.82) is 0 Å². The van der Waals surface area contributed by atoms with Gasteiger partial charge in [-0.3, -0.25) is 4.79 Å². The van der Waals surface area contributed by atoms with Crippen LogP contribution in [0.2, 0.25) is 0 Å². The Hall–Kier alpha value is -1.94. The van der Waals surface area contributed by atoms with E-state index in [9.17, 15) is 53.3 Å². The fourth-order valence-electron chi connectivity index (χ4n) is 1.94. The molecule has 0 saturated heterocycles. The topological polar surface area (TPSA) is 122 Å². The molecular formula is C15H19F7NO7S-. The number of halogens is 7. The van der Waals surface area contributed by atoms with Gasteiger partial charge in [-0.25, -0.2) is 13.2 Å². The Morgan fingerprint density at radius 1 is 1.10 bits per heavy atom. The molecule has 0 rings (SSSR count). The third-order valence-electron chi connectivity index (χ3n) is 3.55. The summed E-state index contributed by atoms with van der Waals surface area (Å²) >= 11 is 0. The molecule has 0 aliphatic heterocycles. The van der Waals surface area contributed by atoms with Gasteiger partial charge in [-0.15, -0.1) is 0 Å².